The molecular formula is C18H23N3O3. The number of hydrogen-bond acceptors (Lipinski definition) is 4. The first-order chi connectivity index (χ1) is 11.5. The van der Waals surface area contributed by atoms with E-state index in [4.69, 9.17) is 0 Å². The first-order valence-electron chi connectivity index (χ1n) is 8.43. The zero-order valence-electron chi connectivity index (χ0n) is 14.2. The van der Waals surface area contributed by atoms with E-state index in [1.807, 2.05) is 11.9 Å². The number of benzene rings is 1. The Balaban J connectivity index is 1.69. The van der Waals surface area contributed by atoms with E-state index >= 15 is 0 Å². The molecule has 1 N–H and O–H groups in total. The van der Waals surface area contributed by atoms with E-state index in [0.717, 1.165) is 43.8 Å². The predicted molar refractivity (Wildman–Crippen MR) is 90.0 cm³/mol. The number of piperidine rings is 1. The first kappa shape index (κ1) is 16.6. The van der Waals surface area contributed by atoms with Crippen LogP contribution in [0, 0.1) is 5.92 Å². The molecule has 1 aromatic carbocycles. The summed E-state index contributed by atoms with van der Waals surface area (Å²) in [5.41, 5.74) is 1.20. The van der Waals surface area contributed by atoms with Gasteiger partial charge in [0.15, 0.2) is 0 Å². The second-order valence-corrected chi connectivity index (χ2v) is 6.56. The third-order valence-electron chi connectivity index (χ3n) is 5.04. The SMILES string of the molecule is CNCCC1CCN(C(=O)c2ccc3c(c2)C(=O)N(C)C3=O)CC1. The maximum absolute atomic E-state index is 12.7. The van der Waals surface area contributed by atoms with Crippen LogP contribution in [0.5, 0.6) is 0 Å². The highest BCUT2D eigenvalue weighted by molar-refractivity contribution is 6.21. The minimum Gasteiger partial charge on any atom is -0.339 e. The number of fused-ring (bicyclic) bond motifs is 1. The normalized spacial score (nSPS) is 18.2. The molecule has 2 aliphatic heterocycles. The van der Waals surface area contributed by atoms with Gasteiger partial charge in [0.05, 0.1) is 11.1 Å². The Kier molecular flexibility index (Phi) is 4.66. The number of rotatable bonds is 4. The number of hydrogen-bond donors (Lipinski definition) is 1. The van der Waals surface area contributed by atoms with Gasteiger partial charge < -0.3 is 10.2 Å². The van der Waals surface area contributed by atoms with E-state index in [2.05, 4.69) is 5.32 Å². The fourth-order valence-corrected chi connectivity index (χ4v) is 3.45. The van der Waals surface area contributed by atoms with Crippen LogP contribution in [0.25, 0.3) is 0 Å². The van der Waals surface area contributed by atoms with Gasteiger partial charge in [-0.25, -0.2) is 0 Å². The molecule has 0 saturated carbocycles. The van der Waals surface area contributed by atoms with E-state index in [9.17, 15) is 14.4 Å². The largest absolute Gasteiger partial charge is 0.339 e. The molecule has 24 heavy (non-hydrogen) atoms. The minimum absolute atomic E-state index is 0.0559. The number of amides is 3. The van der Waals surface area contributed by atoms with Crippen molar-refractivity contribution in [3.05, 3.63) is 34.9 Å². The van der Waals surface area contributed by atoms with Crippen LogP contribution in [0.15, 0.2) is 18.2 Å². The van der Waals surface area contributed by atoms with Gasteiger partial charge in [-0.05, 0) is 57.0 Å². The van der Waals surface area contributed by atoms with Crippen molar-refractivity contribution < 1.29 is 14.4 Å². The number of carbonyl (C=O) groups excluding carboxylic acids is 3. The number of carbonyl (C=O) groups is 3. The molecule has 2 aliphatic rings. The molecule has 6 nitrogen and oxygen atoms in total. The molecule has 6 heteroatoms. The Labute approximate surface area is 141 Å². The summed E-state index contributed by atoms with van der Waals surface area (Å²) in [6.07, 6.45) is 3.16. The maximum Gasteiger partial charge on any atom is 0.261 e. The van der Waals surface area contributed by atoms with Gasteiger partial charge in [0.25, 0.3) is 17.7 Å². The molecule has 1 aromatic rings. The summed E-state index contributed by atoms with van der Waals surface area (Å²) in [6, 6.07) is 4.80. The van der Waals surface area contributed by atoms with Crippen molar-refractivity contribution in [2.24, 2.45) is 5.92 Å². The van der Waals surface area contributed by atoms with Gasteiger partial charge in [0.2, 0.25) is 0 Å². The summed E-state index contributed by atoms with van der Waals surface area (Å²) < 4.78 is 0. The molecular weight excluding hydrogens is 306 g/mol. The molecule has 0 aromatic heterocycles. The molecule has 0 radical (unpaired) electrons. The van der Waals surface area contributed by atoms with Gasteiger partial charge in [-0.2, -0.15) is 0 Å². The van der Waals surface area contributed by atoms with Gasteiger partial charge in [-0.1, -0.05) is 0 Å². The van der Waals surface area contributed by atoms with Crippen LogP contribution in [0.4, 0.5) is 0 Å². The lowest BCUT2D eigenvalue weighted by Gasteiger charge is -2.32. The lowest BCUT2D eigenvalue weighted by atomic mass is 9.93. The Hall–Kier alpha value is -2.21. The van der Waals surface area contributed by atoms with Crippen LogP contribution in [0.1, 0.15) is 50.3 Å². The van der Waals surface area contributed by atoms with Crippen LogP contribution in [-0.4, -0.2) is 61.3 Å². The summed E-state index contributed by atoms with van der Waals surface area (Å²) in [4.78, 5) is 39.6. The number of nitrogens with zero attached hydrogens (tertiary/aromatic N) is 2. The van der Waals surface area contributed by atoms with Crippen LogP contribution in [0.2, 0.25) is 0 Å². The minimum atomic E-state index is -0.338. The van der Waals surface area contributed by atoms with E-state index in [1.54, 1.807) is 18.2 Å². The Morgan fingerprint density at radius 3 is 2.50 bits per heavy atom. The van der Waals surface area contributed by atoms with Gasteiger partial charge in [-0.15, -0.1) is 0 Å². The molecule has 0 atom stereocenters. The molecule has 1 fully saturated rings. The lowest BCUT2D eigenvalue weighted by molar-refractivity contribution is 0.0682. The monoisotopic (exact) mass is 329 g/mol. The van der Waals surface area contributed by atoms with Gasteiger partial charge in [-0.3, -0.25) is 19.3 Å². The number of likely N-dealkylation sites (tertiary alicyclic amines) is 1. The fourth-order valence-electron chi connectivity index (χ4n) is 3.45. The highest BCUT2D eigenvalue weighted by Gasteiger charge is 2.34. The van der Waals surface area contributed by atoms with Crippen molar-refractivity contribution in [3.8, 4) is 0 Å². The fraction of sp³-hybridized carbons (Fsp3) is 0.500. The number of imide groups is 1. The molecule has 1 saturated heterocycles. The summed E-state index contributed by atoms with van der Waals surface area (Å²) >= 11 is 0. The second-order valence-electron chi connectivity index (χ2n) is 6.56. The third-order valence-corrected chi connectivity index (χ3v) is 5.04. The Morgan fingerprint density at radius 1 is 1.17 bits per heavy atom. The standard InChI is InChI=1S/C18H23N3O3/c1-19-8-5-12-6-9-21(10-7-12)16(22)13-3-4-14-15(11-13)18(24)20(2)17(14)23/h3-4,11-12,19H,5-10H2,1-2H3. The van der Waals surface area contributed by atoms with Crippen LogP contribution in [0.3, 0.4) is 0 Å². The Bertz CT molecular complexity index is 678. The molecule has 3 amide bonds. The van der Waals surface area contributed by atoms with Crippen LogP contribution >= 0.6 is 0 Å². The summed E-state index contributed by atoms with van der Waals surface area (Å²) in [5.74, 6) is -0.0381. The molecule has 0 bridgehead atoms. The van der Waals surface area contributed by atoms with E-state index in [1.165, 1.54) is 7.05 Å². The van der Waals surface area contributed by atoms with Gasteiger partial charge in [0.1, 0.15) is 0 Å². The van der Waals surface area contributed by atoms with Crippen molar-refractivity contribution in [2.75, 3.05) is 33.7 Å². The summed E-state index contributed by atoms with van der Waals surface area (Å²) in [5, 5.41) is 3.17. The lowest BCUT2D eigenvalue weighted by Crippen LogP contribution is -2.39. The maximum atomic E-state index is 12.7. The van der Waals surface area contributed by atoms with Crippen LogP contribution in [-0.2, 0) is 0 Å². The predicted octanol–water partition coefficient (Wildman–Crippen LogP) is 1.37. The molecule has 2 heterocycles. The quantitative estimate of drug-likeness (QED) is 0.847. The highest BCUT2D eigenvalue weighted by Crippen LogP contribution is 2.25. The van der Waals surface area contributed by atoms with Crippen molar-refractivity contribution in [2.45, 2.75) is 19.3 Å². The average Bonchev–Trinajstić information content (AvgIpc) is 2.84. The summed E-state index contributed by atoms with van der Waals surface area (Å²) in [7, 11) is 3.41. The molecule has 128 valence electrons. The van der Waals surface area contributed by atoms with E-state index < -0.39 is 0 Å². The average molecular weight is 329 g/mol. The molecule has 0 aliphatic carbocycles. The first-order valence-corrected chi connectivity index (χ1v) is 8.43. The molecule has 0 spiro atoms. The highest BCUT2D eigenvalue weighted by atomic mass is 16.2. The van der Waals surface area contributed by atoms with Crippen molar-refractivity contribution >= 4 is 17.7 Å². The van der Waals surface area contributed by atoms with Crippen molar-refractivity contribution in [1.29, 1.82) is 0 Å². The third kappa shape index (κ3) is 2.94. The van der Waals surface area contributed by atoms with Crippen molar-refractivity contribution in [3.63, 3.8) is 0 Å². The molecule has 3 rings (SSSR count). The second kappa shape index (κ2) is 6.73. The number of nitrogens with one attached hydrogen (secondary N) is 1. The summed E-state index contributed by atoms with van der Waals surface area (Å²) in [6.45, 7) is 2.50. The van der Waals surface area contributed by atoms with Gasteiger partial charge >= 0.3 is 0 Å². The van der Waals surface area contributed by atoms with Crippen molar-refractivity contribution in [1.82, 2.24) is 15.1 Å². The van der Waals surface area contributed by atoms with E-state index in [0.29, 0.717) is 22.6 Å². The molecule has 0 unspecified atom stereocenters. The van der Waals surface area contributed by atoms with E-state index in [-0.39, 0.29) is 17.7 Å². The smallest absolute Gasteiger partial charge is 0.261 e. The van der Waals surface area contributed by atoms with Crippen LogP contribution < -0.4 is 5.32 Å². The van der Waals surface area contributed by atoms with Gasteiger partial charge in [0, 0.05) is 25.7 Å². The zero-order chi connectivity index (χ0) is 17.3. The zero-order valence-corrected chi connectivity index (χ0v) is 14.2. The topological polar surface area (TPSA) is 69.7 Å². The Morgan fingerprint density at radius 2 is 1.83 bits per heavy atom.